The molecule has 3 aromatic heterocycles. The molecule has 9 heteroatoms. The standard InChI is InChI=1S/C20H22N4O3S2/c25-29(26,17-2-1-13-28-17)24-11-7-20(8-12-24,14-15-3-4-15)19-22-18(27-23-19)16-5-9-21-10-6-16/h1-2,5-6,9-10,13,15H,3-4,7-8,11-12,14H2. The first-order valence-corrected chi connectivity index (χ1v) is 12.2. The number of piperidine rings is 1. The third kappa shape index (κ3) is 3.62. The van der Waals surface area contributed by atoms with Gasteiger partial charge in [-0.3, -0.25) is 4.98 Å². The summed E-state index contributed by atoms with van der Waals surface area (Å²) in [5.41, 5.74) is 0.621. The lowest BCUT2D eigenvalue weighted by Gasteiger charge is -2.39. The van der Waals surface area contributed by atoms with Crippen LogP contribution < -0.4 is 0 Å². The highest BCUT2D eigenvalue weighted by molar-refractivity contribution is 7.91. The summed E-state index contributed by atoms with van der Waals surface area (Å²) in [5, 5.41) is 6.13. The van der Waals surface area contributed by atoms with E-state index in [0.717, 1.165) is 12.0 Å². The molecule has 4 heterocycles. The molecule has 0 aromatic carbocycles. The molecule has 0 radical (unpaired) electrons. The van der Waals surface area contributed by atoms with Crippen LogP contribution in [0, 0.1) is 5.92 Å². The number of hydrogen-bond acceptors (Lipinski definition) is 7. The molecular weight excluding hydrogens is 408 g/mol. The van der Waals surface area contributed by atoms with Crippen molar-refractivity contribution in [3.8, 4) is 11.5 Å². The van der Waals surface area contributed by atoms with Crippen molar-refractivity contribution >= 4 is 21.4 Å². The van der Waals surface area contributed by atoms with E-state index in [1.165, 1.54) is 24.2 Å². The second-order valence-corrected chi connectivity index (χ2v) is 11.0. The summed E-state index contributed by atoms with van der Waals surface area (Å²) in [5.74, 6) is 1.88. The van der Waals surface area contributed by atoms with Gasteiger partial charge in [-0.25, -0.2) is 8.42 Å². The first-order valence-electron chi connectivity index (χ1n) is 9.85. The fourth-order valence-corrected chi connectivity index (χ4v) is 6.72. The first kappa shape index (κ1) is 18.9. The Balaban J connectivity index is 1.40. The fourth-order valence-electron chi connectivity index (χ4n) is 4.14. The summed E-state index contributed by atoms with van der Waals surface area (Å²) < 4.78 is 33.4. The molecule has 1 aliphatic heterocycles. The average molecular weight is 431 g/mol. The van der Waals surface area contributed by atoms with Crippen LogP contribution in [0.5, 0.6) is 0 Å². The number of hydrogen-bond donors (Lipinski definition) is 0. The van der Waals surface area contributed by atoms with Crippen molar-refractivity contribution in [2.24, 2.45) is 5.92 Å². The van der Waals surface area contributed by atoms with Crippen LogP contribution in [0.4, 0.5) is 0 Å². The summed E-state index contributed by atoms with van der Waals surface area (Å²) >= 11 is 1.27. The minimum absolute atomic E-state index is 0.225. The minimum Gasteiger partial charge on any atom is -0.334 e. The zero-order valence-electron chi connectivity index (χ0n) is 15.9. The minimum atomic E-state index is -3.42. The van der Waals surface area contributed by atoms with E-state index in [0.29, 0.717) is 47.8 Å². The quantitative estimate of drug-likeness (QED) is 0.592. The molecule has 29 heavy (non-hydrogen) atoms. The highest BCUT2D eigenvalue weighted by Gasteiger charge is 2.46. The molecule has 5 rings (SSSR count). The van der Waals surface area contributed by atoms with Gasteiger partial charge in [0.15, 0.2) is 5.82 Å². The average Bonchev–Trinajstić information content (AvgIpc) is 3.21. The highest BCUT2D eigenvalue weighted by Crippen LogP contribution is 2.47. The zero-order chi connectivity index (χ0) is 19.9. The molecule has 1 saturated carbocycles. The topological polar surface area (TPSA) is 89.2 Å². The Bertz CT molecular complexity index is 1070. The van der Waals surface area contributed by atoms with Crippen molar-refractivity contribution in [2.45, 2.75) is 41.7 Å². The van der Waals surface area contributed by atoms with Crippen molar-refractivity contribution in [1.29, 1.82) is 0 Å². The predicted molar refractivity (Wildman–Crippen MR) is 109 cm³/mol. The lowest BCUT2D eigenvalue weighted by molar-refractivity contribution is 0.198. The number of sulfonamides is 1. The van der Waals surface area contributed by atoms with Gasteiger partial charge in [0.25, 0.3) is 15.9 Å². The maximum Gasteiger partial charge on any atom is 0.258 e. The van der Waals surface area contributed by atoms with Crippen molar-refractivity contribution in [3.63, 3.8) is 0 Å². The lowest BCUT2D eigenvalue weighted by atomic mass is 9.74. The Kier molecular flexibility index (Phi) is 4.76. The summed E-state index contributed by atoms with van der Waals surface area (Å²) in [6, 6.07) is 7.15. The van der Waals surface area contributed by atoms with E-state index in [4.69, 9.17) is 9.51 Å². The number of rotatable bonds is 6. The van der Waals surface area contributed by atoms with Gasteiger partial charge in [-0.05, 0) is 48.8 Å². The molecule has 0 atom stereocenters. The molecule has 3 aromatic rings. The van der Waals surface area contributed by atoms with Crippen molar-refractivity contribution in [3.05, 3.63) is 47.9 Å². The van der Waals surface area contributed by atoms with E-state index in [2.05, 4.69) is 10.1 Å². The normalized spacial score (nSPS) is 20.0. The van der Waals surface area contributed by atoms with Crippen LogP contribution >= 0.6 is 11.3 Å². The van der Waals surface area contributed by atoms with Gasteiger partial charge in [0.05, 0.1) is 0 Å². The van der Waals surface area contributed by atoms with Crippen LogP contribution in [0.1, 0.15) is 37.9 Å². The van der Waals surface area contributed by atoms with Crippen LogP contribution in [-0.2, 0) is 15.4 Å². The molecule has 1 aliphatic carbocycles. The Morgan fingerprint density at radius 2 is 1.93 bits per heavy atom. The molecule has 1 saturated heterocycles. The van der Waals surface area contributed by atoms with Crippen LogP contribution in [0.25, 0.3) is 11.5 Å². The third-order valence-electron chi connectivity index (χ3n) is 5.97. The predicted octanol–water partition coefficient (Wildman–Crippen LogP) is 3.72. The first-order chi connectivity index (χ1) is 14.1. The highest BCUT2D eigenvalue weighted by atomic mass is 32.2. The third-order valence-corrected chi connectivity index (χ3v) is 9.24. The molecule has 152 valence electrons. The summed E-state index contributed by atoms with van der Waals surface area (Å²) in [6.07, 6.45) is 8.28. The molecule has 0 bridgehead atoms. The molecule has 0 unspecified atom stereocenters. The van der Waals surface area contributed by atoms with Crippen molar-refractivity contribution in [1.82, 2.24) is 19.4 Å². The molecule has 0 N–H and O–H groups in total. The molecule has 2 fully saturated rings. The van der Waals surface area contributed by atoms with Gasteiger partial charge in [0.1, 0.15) is 4.21 Å². The Hall–Kier alpha value is -2.10. The monoisotopic (exact) mass is 430 g/mol. The largest absolute Gasteiger partial charge is 0.334 e. The van der Waals surface area contributed by atoms with E-state index in [1.807, 2.05) is 12.1 Å². The van der Waals surface area contributed by atoms with E-state index < -0.39 is 10.0 Å². The smallest absolute Gasteiger partial charge is 0.258 e. The Labute approximate surface area is 173 Å². The summed E-state index contributed by atoms with van der Waals surface area (Å²) in [7, 11) is -3.42. The van der Waals surface area contributed by atoms with Gasteiger partial charge in [-0.2, -0.15) is 9.29 Å². The molecule has 2 aliphatic rings. The van der Waals surface area contributed by atoms with E-state index in [1.54, 1.807) is 34.2 Å². The maximum absolute atomic E-state index is 12.9. The lowest BCUT2D eigenvalue weighted by Crippen LogP contribution is -2.45. The zero-order valence-corrected chi connectivity index (χ0v) is 17.5. The molecule has 0 amide bonds. The van der Waals surface area contributed by atoms with Crippen LogP contribution in [-0.4, -0.2) is 40.9 Å². The number of thiophene rings is 1. The number of nitrogens with zero attached hydrogens (tertiary/aromatic N) is 4. The van der Waals surface area contributed by atoms with E-state index >= 15 is 0 Å². The van der Waals surface area contributed by atoms with Gasteiger partial charge in [0.2, 0.25) is 0 Å². The second kappa shape index (κ2) is 7.30. The van der Waals surface area contributed by atoms with Gasteiger partial charge in [-0.15, -0.1) is 11.3 Å². The van der Waals surface area contributed by atoms with Crippen molar-refractivity contribution < 1.29 is 12.9 Å². The van der Waals surface area contributed by atoms with Gasteiger partial charge < -0.3 is 4.52 Å². The van der Waals surface area contributed by atoms with Gasteiger partial charge >= 0.3 is 0 Å². The summed E-state index contributed by atoms with van der Waals surface area (Å²) in [4.78, 5) is 8.75. The van der Waals surface area contributed by atoms with E-state index in [9.17, 15) is 8.42 Å². The molecular formula is C20H22N4O3S2. The van der Waals surface area contributed by atoms with Crippen LogP contribution in [0.2, 0.25) is 0 Å². The molecule has 0 spiro atoms. The second-order valence-electron chi connectivity index (χ2n) is 7.92. The van der Waals surface area contributed by atoms with Gasteiger partial charge in [0, 0.05) is 36.5 Å². The number of pyridine rings is 1. The Morgan fingerprint density at radius 3 is 2.59 bits per heavy atom. The number of aromatic nitrogens is 3. The molecule has 7 nitrogen and oxygen atoms in total. The maximum atomic E-state index is 12.9. The van der Waals surface area contributed by atoms with Crippen molar-refractivity contribution in [2.75, 3.05) is 13.1 Å². The fraction of sp³-hybridized carbons (Fsp3) is 0.450. The SMILES string of the molecule is O=S(=O)(c1cccs1)N1CCC(CC2CC2)(c2noc(-c3ccncc3)n2)CC1. The summed E-state index contributed by atoms with van der Waals surface area (Å²) in [6.45, 7) is 0.957. The van der Waals surface area contributed by atoms with Crippen LogP contribution in [0.3, 0.4) is 0 Å². The van der Waals surface area contributed by atoms with Crippen LogP contribution in [0.15, 0.2) is 50.8 Å². The Morgan fingerprint density at radius 1 is 1.17 bits per heavy atom. The van der Waals surface area contributed by atoms with E-state index in [-0.39, 0.29) is 5.41 Å². The van der Waals surface area contributed by atoms with Gasteiger partial charge in [-0.1, -0.05) is 24.1 Å².